The maximum absolute atomic E-state index is 5.52. The molecule has 0 fully saturated rings. The van der Waals surface area contributed by atoms with Crippen LogP contribution in [-0.4, -0.2) is 16.4 Å². The predicted molar refractivity (Wildman–Crippen MR) is 87.0 cm³/mol. The lowest BCUT2D eigenvalue weighted by atomic mass is 10.1. The Morgan fingerprint density at radius 2 is 2.10 bits per heavy atom. The standard InChI is InChI=1S/C17H25N3O/c1-6-21-15-7-8-16(13(4)9-15)18-10-14-11-20(5)19-17(14)12(2)3/h7-9,11-12,18H,6,10H2,1-5H3. The summed E-state index contributed by atoms with van der Waals surface area (Å²) in [5, 5.41) is 8.04. The van der Waals surface area contributed by atoms with Crippen LogP contribution in [0.5, 0.6) is 5.75 Å². The SMILES string of the molecule is CCOc1ccc(NCc2cn(C)nc2C(C)C)c(C)c1. The molecule has 0 aliphatic heterocycles. The van der Waals surface area contributed by atoms with E-state index < -0.39 is 0 Å². The van der Waals surface area contributed by atoms with Crippen molar-refractivity contribution in [2.75, 3.05) is 11.9 Å². The summed E-state index contributed by atoms with van der Waals surface area (Å²) < 4.78 is 7.40. The number of hydrogen-bond donors (Lipinski definition) is 1. The summed E-state index contributed by atoms with van der Waals surface area (Å²) in [6, 6.07) is 6.15. The normalized spacial score (nSPS) is 11.0. The first kappa shape index (κ1) is 15.4. The topological polar surface area (TPSA) is 39.1 Å². The molecule has 0 radical (unpaired) electrons. The lowest BCUT2D eigenvalue weighted by Gasteiger charge is -2.12. The van der Waals surface area contributed by atoms with Crippen molar-refractivity contribution in [3.05, 3.63) is 41.2 Å². The van der Waals surface area contributed by atoms with E-state index >= 15 is 0 Å². The Kier molecular flexibility index (Phi) is 4.89. The number of anilines is 1. The molecule has 114 valence electrons. The number of aryl methyl sites for hydroxylation is 2. The van der Waals surface area contributed by atoms with Crippen LogP contribution in [0, 0.1) is 6.92 Å². The van der Waals surface area contributed by atoms with Crippen LogP contribution in [0.1, 0.15) is 43.5 Å². The molecule has 0 saturated carbocycles. The van der Waals surface area contributed by atoms with Crippen molar-refractivity contribution in [1.82, 2.24) is 9.78 Å². The highest BCUT2D eigenvalue weighted by Crippen LogP contribution is 2.23. The van der Waals surface area contributed by atoms with Crippen molar-refractivity contribution >= 4 is 5.69 Å². The highest BCUT2D eigenvalue weighted by molar-refractivity contribution is 5.54. The van der Waals surface area contributed by atoms with Crippen LogP contribution in [0.4, 0.5) is 5.69 Å². The first-order valence-electron chi connectivity index (χ1n) is 7.51. The minimum absolute atomic E-state index is 0.435. The average Bonchev–Trinajstić information content (AvgIpc) is 2.80. The van der Waals surface area contributed by atoms with Crippen molar-refractivity contribution in [1.29, 1.82) is 0 Å². The molecular weight excluding hydrogens is 262 g/mol. The van der Waals surface area contributed by atoms with E-state index in [1.165, 1.54) is 11.1 Å². The second-order valence-corrected chi connectivity index (χ2v) is 5.63. The second-order valence-electron chi connectivity index (χ2n) is 5.63. The fourth-order valence-electron chi connectivity index (χ4n) is 2.46. The van der Waals surface area contributed by atoms with Gasteiger partial charge in [0, 0.05) is 31.0 Å². The molecule has 0 aliphatic carbocycles. The number of ether oxygens (including phenoxy) is 1. The summed E-state index contributed by atoms with van der Waals surface area (Å²) in [4.78, 5) is 0. The monoisotopic (exact) mass is 287 g/mol. The molecule has 4 heteroatoms. The van der Waals surface area contributed by atoms with Crippen LogP contribution in [-0.2, 0) is 13.6 Å². The molecule has 2 rings (SSSR count). The summed E-state index contributed by atoms with van der Waals surface area (Å²) in [7, 11) is 1.97. The number of nitrogens with zero attached hydrogens (tertiary/aromatic N) is 2. The molecular formula is C17H25N3O. The van der Waals surface area contributed by atoms with Gasteiger partial charge in [0.1, 0.15) is 5.75 Å². The third kappa shape index (κ3) is 3.78. The van der Waals surface area contributed by atoms with Gasteiger partial charge in [0.15, 0.2) is 0 Å². The van der Waals surface area contributed by atoms with E-state index in [9.17, 15) is 0 Å². The van der Waals surface area contributed by atoms with Crippen molar-refractivity contribution in [3.8, 4) is 5.75 Å². The Morgan fingerprint density at radius 1 is 1.33 bits per heavy atom. The summed E-state index contributed by atoms with van der Waals surface area (Å²) in [5.74, 6) is 1.36. The number of hydrogen-bond acceptors (Lipinski definition) is 3. The van der Waals surface area contributed by atoms with Crippen molar-refractivity contribution in [2.24, 2.45) is 7.05 Å². The molecule has 0 saturated heterocycles. The Morgan fingerprint density at radius 3 is 2.71 bits per heavy atom. The average molecular weight is 287 g/mol. The van der Waals surface area contributed by atoms with E-state index in [1.54, 1.807) is 0 Å². The molecule has 0 aliphatic rings. The molecule has 4 nitrogen and oxygen atoms in total. The smallest absolute Gasteiger partial charge is 0.119 e. The lowest BCUT2D eigenvalue weighted by Crippen LogP contribution is -2.04. The third-order valence-electron chi connectivity index (χ3n) is 3.46. The Labute approximate surface area is 127 Å². The van der Waals surface area contributed by atoms with Crippen LogP contribution < -0.4 is 10.1 Å². The minimum atomic E-state index is 0.435. The first-order valence-corrected chi connectivity index (χ1v) is 7.51. The number of rotatable bonds is 6. The van der Waals surface area contributed by atoms with Gasteiger partial charge in [0.05, 0.1) is 12.3 Å². The van der Waals surface area contributed by atoms with E-state index in [0.717, 1.165) is 23.7 Å². The van der Waals surface area contributed by atoms with Crippen LogP contribution in [0.2, 0.25) is 0 Å². The molecule has 21 heavy (non-hydrogen) atoms. The van der Waals surface area contributed by atoms with E-state index in [1.807, 2.05) is 24.7 Å². The highest BCUT2D eigenvalue weighted by Gasteiger charge is 2.11. The van der Waals surface area contributed by atoms with Gasteiger partial charge in [-0.15, -0.1) is 0 Å². The number of benzene rings is 1. The quantitative estimate of drug-likeness (QED) is 0.876. The Hall–Kier alpha value is -1.97. The summed E-state index contributed by atoms with van der Waals surface area (Å²) >= 11 is 0. The Bertz CT molecular complexity index is 602. The van der Waals surface area contributed by atoms with Crippen molar-refractivity contribution in [3.63, 3.8) is 0 Å². The zero-order valence-corrected chi connectivity index (χ0v) is 13.6. The van der Waals surface area contributed by atoms with Crippen molar-refractivity contribution < 1.29 is 4.74 Å². The van der Waals surface area contributed by atoms with Crippen molar-refractivity contribution in [2.45, 2.75) is 40.2 Å². The van der Waals surface area contributed by atoms with Gasteiger partial charge in [-0.2, -0.15) is 5.10 Å². The second kappa shape index (κ2) is 6.66. The fraction of sp³-hybridized carbons (Fsp3) is 0.471. The Balaban J connectivity index is 2.09. The van der Waals surface area contributed by atoms with Gasteiger partial charge in [-0.25, -0.2) is 0 Å². The summed E-state index contributed by atoms with van der Waals surface area (Å²) in [6.45, 7) is 9.92. The van der Waals surface area contributed by atoms with Gasteiger partial charge in [0.2, 0.25) is 0 Å². The fourth-order valence-corrected chi connectivity index (χ4v) is 2.46. The van der Waals surface area contributed by atoms with Crippen LogP contribution in [0.15, 0.2) is 24.4 Å². The zero-order valence-electron chi connectivity index (χ0n) is 13.6. The largest absolute Gasteiger partial charge is 0.494 e. The maximum Gasteiger partial charge on any atom is 0.119 e. The van der Waals surface area contributed by atoms with E-state index in [0.29, 0.717) is 12.5 Å². The summed E-state index contributed by atoms with van der Waals surface area (Å²) in [6.07, 6.45) is 2.09. The van der Waals surface area contributed by atoms with Gasteiger partial charge >= 0.3 is 0 Å². The molecule has 0 unspecified atom stereocenters. The molecule has 0 spiro atoms. The zero-order chi connectivity index (χ0) is 15.4. The van der Waals surface area contributed by atoms with Gasteiger partial charge in [-0.3, -0.25) is 4.68 Å². The molecule has 0 amide bonds. The van der Waals surface area contributed by atoms with E-state index in [2.05, 4.69) is 49.5 Å². The molecule has 0 atom stereocenters. The molecule has 1 aromatic heterocycles. The predicted octanol–water partition coefficient (Wildman–Crippen LogP) is 3.86. The molecule has 1 heterocycles. The molecule has 2 aromatic rings. The van der Waals surface area contributed by atoms with Gasteiger partial charge in [-0.1, -0.05) is 13.8 Å². The van der Waals surface area contributed by atoms with E-state index in [4.69, 9.17) is 4.74 Å². The molecule has 0 bridgehead atoms. The number of aromatic nitrogens is 2. The first-order chi connectivity index (χ1) is 10.0. The maximum atomic E-state index is 5.52. The van der Waals surface area contributed by atoms with Crippen LogP contribution >= 0.6 is 0 Å². The van der Waals surface area contributed by atoms with Gasteiger partial charge < -0.3 is 10.1 Å². The molecule has 1 aromatic carbocycles. The summed E-state index contributed by atoms with van der Waals surface area (Å²) in [5.41, 5.74) is 4.74. The van der Waals surface area contributed by atoms with Gasteiger partial charge in [0.25, 0.3) is 0 Å². The third-order valence-corrected chi connectivity index (χ3v) is 3.46. The number of nitrogens with one attached hydrogen (secondary N) is 1. The van der Waals surface area contributed by atoms with Crippen LogP contribution in [0.3, 0.4) is 0 Å². The van der Waals surface area contributed by atoms with Crippen LogP contribution in [0.25, 0.3) is 0 Å². The highest BCUT2D eigenvalue weighted by atomic mass is 16.5. The minimum Gasteiger partial charge on any atom is -0.494 e. The lowest BCUT2D eigenvalue weighted by molar-refractivity contribution is 0.340. The van der Waals surface area contributed by atoms with E-state index in [-0.39, 0.29) is 0 Å². The molecule has 1 N–H and O–H groups in total. The van der Waals surface area contributed by atoms with Gasteiger partial charge in [-0.05, 0) is 43.5 Å².